The van der Waals surface area contributed by atoms with Crippen molar-refractivity contribution < 1.29 is 13.5 Å². The van der Waals surface area contributed by atoms with Gasteiger partial charge in [0.25, 0.3) is 5.92 Å². The molecule has 0 unspecified atom stereocenters. The van der Waals surface area contributed by atoms with Crippen LogP contribution in [0, 0.1) is 16.7 Å². The van der Waals surface area contributed by atoms with Crippen LogP contribution >= 0.6 is 0 Å². The first kappa shape index (κ1) is 28.2. The van der Waals surface area contributed by atoms with Gasteiger partial charge in [0, 0.05) is 24.3 Å². The first-order valence-electron chi connectivity index (χ1n) is 11.5. The van der Waals surface area contributed by atoms with Crippen molar-refractivity contribution >= 4 is 11.3 Å². The van der Waals surface area contributed by atoms with Gasteiger partial charge in [0.05, 0.1) is 23.9 Å². The first-order valence-corrected chi connectivity index (χ1v) is 11.5. The molecule has 0 saturated heterocycles. The predicted molar refractivity (Wildman–Crippen MR) is 142 cm³/mol. The molecule has 0 spiro atoms. The van der Waals surface area contributed by atoms with Crippen molar-refractivity contribution in [1.29, 1.82) is 10.7 Å². The van der Waals surface area contributed by atoms with E-state index in [1.165, 1.54) is 18.2 Å². The van der Waals surface area contributed by atoms with E-state index in [9.17, 15) is 14.0 Å². The highest BCUT2D eigenvalue weighted by atomic mass is 19.3. The molecule has 0 heterocycles. The second-order valence-electron chi connectivity index (χ2n) is 8.19. The number of hydrogen-bond acceptors (Lipinski definition) is 5. The van der Waals surface area contributed by atoms with E-state index in [0.717, 1.165) is 5.57 Å². The van der Waals surface area contributed by atoms with Crippen LogP contribution in [0.2, 0.25) is 0 Å². The normalized spacial score (nSPS) is 13.3. The molecule has 7 heteroatoms. The topological polar surface area (TPSA) is 94.9 Å². The third-order valence-corrected chi connectivity index (χ3v) is 5.51. The zero-order valence-corrected chi connectivity index (χ0v) is 21.0. The maximum absolute atomic E-state index is 14.5. The minimum absolute atomic E-state index is 0.174. The second-order valence-corrected chi connectivity index (χ2v) is 8.19. The summed E-state index contributed by atoms with van der Waals surface area (Å²) >= 11 is 0. The molecule has 0 amide bonds. The van der Waals surface area contributed by atoms with Crippen molar-refractivity contribution in [3.05, 3.63) is 107 Å². The Morgan fingerprint density at radius 1 is 1.14 bits per heavy atom. The Bertz CT molecular complexity index is 1240. The number of nitriles is 1. The number of nitrogens with zero attached hydrogens (tertiary/aromatic N) is 1. The number of ether oxygens (including phenoxy) is 1. The lowest BCUT2D eigenvalue weighted by molar-refractivity contribution is 0.0554. The Hall–Kier alpha value is -4.02. The Morgan fingerprint density at radius 3 is 2.42 bits per heavy atom. The van der Waals surface area contributed by atoms with Crippen molar-refractivity contribution in [1.82, 2.24) is 5.32 Å². The average Bonchev–Trinajstić information content (AvgIpc) is 2.90. The van der Waals surface area contributed by atoms with Crippen LogP contribution in [-0.2, 0) is 0 Å². The number of allylic oxidation sites excluding steroid dienone is 6. The molecule has 36 heavy (non-hydrogen) atoms. The summed E-state index contributed by atoms with van der Waals surface area (Å²) < 4.78 is 35.0. The third-order valence-electron chi connectivity index (χ3n) is 5.51. The van der Waals surface area contributed by atoms with Gasteiger partial charge < -0.3 is 21.2 Å². The number of alkyl halides is 2. The number of nitrogens with two attached hydrogens (primary N) is 1. The van der Waals surface area contributed by atoms with Gasteiger partial charge in [-0.3, -0.25) is 0 Å². The molecule has 2 rings (SSSR count). The molecule has 2 aromatic rings. The number of halogens is 2. The summed E-state index contributed by atoms with van der Waals surface area (Å²) in [7, 11) is 1.66. The fourth-order valence-corrected chi connectivity index (χ4v) is 3.17. The first-order chi connectivity index (χ1) is 17.1. The van der Waals surface area contributed by atoms with Crippen LogP contribution in [0.25, 0.3) is 5.57 Å². The quantitative estimate of drug-likeness (QED) is 0.194. The SMILES string of the molecule is CC/C(C)=C/C(=C\C=C(/C)c1ccc(C#N)cc1O/C(=C/C(=N)c1ccccc1)NC)C(F)(F)CN. The molecule has 2 aromatic carbocycles. The van der Waals surface area contributed by atoms with E-state index in [-0.39, 0.29) is 11.3 Å². The van der Waals surface area contributed by atoms with Crippen molar-refractivity contribution in [3.8, 4) is 11.8 Å². The molecule has 5 nitrogen and oxygen atoms in total. The molecular weight excluding hydrogens is 458 g/mol. The van der Waals surface area contributed by atoms with E-state index in [1.54, 1.807) is 45.2 Å². The van der Waals surface area contributed by atoms with Gasteiger partial charge in [-0.25, -0.2) is 0 Å². The number of rotatable bonds is 11. The number of nitrogens with one attached hydrogen (secondary N) is 2. The van der Waals surface area contributed by atoms with Crippen molar-refractivity contribution in [3.63, 3.8) is 0 Å². The van der Waals surface area contributed by atoms with E-state index < -0.39 is 12.5 Å². The third kappa shape index (κ3) is 7.76. The summed E-state index contributed by atoms with van der Waals surface area (Å²) in [4.78, 5) is 0. The van der Waals surface area contributed by atoms with Gasteiger partial charge in [0.15, 0.2) is 5.88 Å². The lowest BCUT2D eigenvalue weighted by Crippen LogP contribution is -2.29. The Kier molecular flexibility index (Phi) is 10.3. The fraction of sp³-hybridized carbons (Fsp3) is 0.241. The average molecular weight is 491 g/mol. The molecule has 0 bridgehead atoms. The highest BCUT2D eigenvalue weighted by molar-refractivity contribution is 6.06. The monoisotopic (exact) mass is 490 g/mol. The summed E-state index contributed by atoms with van der Waals surface area (Å²) in [6.45, 7) is 4.67. The van der Waals surface area contributed by atoms with E-state index in [2.05, 4.69) is 11.4 Å². The molecule has 0 aliphatic heterocycles. The molecule has 0 aliphatic rings. The van der Waals surface area contributed by atoms with Gasteiger partial charge in [-0.2, -0.15) is 14.0 Å². The van der Waals surface area contributed by atoms with Crippen molar-refractivity contribution in [2.45, 2.75) is 33.1 Å². The van der Waals surface area contributed by atoms with Crippen LogP contribution in [0.3, 0.4) is 0 Å². The molecule has 0 aliphatic carbocycles. The number of benzene rings is 2. The fourth-order valence-electron chi connectivity index (χ4n) is 3.17. The van der Waals surface area contributed by atoms with Crippen LogP contribution in [0.5, 0.6) is 5.75 Å². The van der Waals surface area contributed by atoms with Crippen molar-refractivity contribution in [2.75, 3.05) is 13.6 Å². The van der Waals surface area contributed by atoms with Crippen LogP contribution in [0.1, 0.15) is 43.9 Å². The van der Waals surface area contributed by atoms with E-state index in [1.807, 2.05) is 37.3 Å². The summed E-state index contributed by atoms with van der Waals surface area (Å²) in [5, 5.41) is 20.7. The highest BCUT2D eigenvalue weighted by Crippen LogP contribution is 2.30. The molecule has 188 valence electrons. The maximum Gasteiger partial charge on any atom is 0.285 e. The van der Waals surface area contributed by atoms with Gasteiger partial charge >= 0.3 is 0 Å². The highest BCUT2D eigenvalue weighted by Gasteiger charge is 2.30. The smallest absolute Gasteiger partial charge is 0.285 e. The van der Waals surface area contributed by atoms with E-state index in [4.69, 9.17) is 15.9 Å². The summed E-state index contributed by atoms with van der Waals surface area (Å²) in [6.07, 6.45) is 6.59. The predicted octanol–water partition coefficient (Wildman–Crippen LogP) is 6.35. The van der Waals surface area contributed by atoms with E-state index in [0.29, 0.717) is 40.3 Å². The van der Waals surface area contributed by atoms with Gasteiger partial charge in [-0.15, -0.1) is 0 Å². The molecule has 0 fully saturated rings. The summed E-state index contributed by atoms with van der Waals surface area (Å²) in [6, 6.07) is 16.2. The molecule has 4 N–H and O–H groups in total. The Labute approximate surface area is 211 Å². The minimum atomic E-state index is -3.17. The summed E-state index contributed by atoms with van der Waals surface area (Å²) in [5.41, 5.74) is 8.56. The maximum atomic E-state index is 14.5. The Morgan fingerprint density at radius 2 is 1.83 bits per heavy atom. The molecule has 0 radical (unpaired) electrons. The molecule has 0 atom stereocenters. The van der Waals surface area contributed by atoms with Gasteiger partial charge in [0.1, 0.15) is 5.75 Å². The Balaban J connectivity index is 2.50. The lowest BCUT2D eigenvalue weighted by Gasteiger charge is -2.17. The summed E-state index contributed by atoms with van der Waals surface area (Å²) in [5.74, 6) is -2.53. The molecule has 0 saturated carbocycles. The lowest BCUT2D eigenvalue weighted by atomic mass is 10.0. The molecule has 0 aromatic heterocycles. The minimum Gasteiger partial charge on any atom is -0.441 e. The largest absolute Gasteiger partial charge is 0.441 e. The van der Waals surface area contributed by atoms with Crippen LogP contribution < -0.4 is 15.8 Å². The van der Waals surface area contributed by atoms with Gasteiger partial charge in [-0.1, -0.05) is 61.1 Å². The zero-order chi connectivity index (χ0) is 26.7. The zero-order valence-electron chi connectivity index (χ0n) is 21.0. The van der Waals surface area contributed by atoms with Gasteiger partial charge in [0.2, 0.25) is 0 Å². The van der Waals surface area contributed by atoms with Crippen LogP contribution in [0.4, 0.5) is 8.78 Å². The van der Waals surface area contributed by atoms with E-state index >= 15 is 0 Å². The standard InChI is InChI=1S/C29H32F2N4O/c1-5-20(2)15-24(29(30,31)19-33)13-11-21(3)25-14-12-22(18-32)16-27(25)36-28(35-4)17-26(34)23-9-7-6-8-10-23/h6-17,34-35H,5,19,33H2,1-4H3/b20-15+,21-11+,24-13+,28-17+,34-26?. The van der Waals surface area contributed by atoms with Crippen LogP contribution in [-0.4, -0.2) is 25.2 Å². The van der Waals surface area contributed by atoms with Gasteiger partial charge in [-0.05, 0) is 49.6 Å². The second kappa shape index (κ2) is 13.2. The van der Waals surface area contributed by atoms with Crippen LogP contribution in [0.15, 0.2) is 89.9 Å². The molecular formula is C29H32F2N4O. The number of hydrogen-bond donors (Lipinski definition) is 3. The van der Waals surface area contributed by atoms with Crippen molar-refractivity contribution in [2.24, 2.45) is 5.73 Å².